The standard InChI is InChI=1S/C12H14N2/c1-4-10-5-8(2)12-11(6-10)13-7-9(3)14-12/h5-7H,4H2,1-3H3. The van der Waals surface area contributed by atoms with Crippen molar-refractivity contribution in [2.45, 2.75) is 27.2 Å². The number of fused-ring (bicyclic) bond motifs is 1. The van der Waals surface area contributed by atoms with Crippen molar-refractivity contribution >= 4 is 11.0 Å². The molecule has 0 aliphatic rings. The summed E-state index contributed by atoms with van der Waals surface area (Å²) in [5.74, 6) is 0. The van der Waals surface area contributed by atoms with E-state index in [0.717, 1.165) is 23.1 Å². The van der Waals surface area contributed by atoms with Crippen LogP contribution in [0.25, 0.3) is 11.0 Å². The molecule has 0 unspecified atom stereocenters. The van der Waals surface area contributed by atoms with Gasteiger partial charge in [0.25, 0.3) is 0 Å². The van der Waals surface area contributed by atoms with Gasteiger partial charge in [0.15, 0.2) is 0 Å². The average molecular weight is 186 g/mol. The second kappa shape index (κ2) is 3.37. The van der Waals surface area contributed by atoms with Crippen LogP contribution < -0.4 is 0 Å². The van der Waals surface area contributed by atoms with E-state index >= 15 is 0 Å². The van der Waals surface area contributed by atoms with Crippen LogP contribution in [0.3, 0.4) is 0 Å². The van der Waals surface area contributed by atoms with Gasteiger partial charge < -0.3 is 0 Å². The molecule has 72 valence electrons. The van der Waals surface area contributed by atoms with E-state index in [9.17, 15) is 0 Å². The van der Waals surface area contributed by atoms with Gasteiger partial charge in [0.2, 0.25) is 0 Å². The van der Waals surface area contributed by atoms with Crippen LogP contribution in [-0.4, -0.2) is 9.97 Å². The van der Waals surface area contributed by atoms with E-state index in [-0.39, 0.29) is 0 Å². The molecule has 0 saturated carbocycles. The molecule has 0 aliphatic carbocycles. The summed E-state index contributed by atoms with van der Waals surface area (Å²) in [6.45, 7) is 6.22. The predicted octanol–water partition coefficient (Wildman–Crippen LogP) is 2.81. The lowest BCUT2D eigenvalue weighted by Gasteiger charge is -2.04. The Morgan fingerprint density at radius 1 is 1.21 bits per heavy atom. The van der Waals surface area contributed by atoms with Crippen molar-refractivity contribution in [2.24, 2.45) is 0 Å². The highest BCUT2D eigenvalue weighted by molar-refractivity contribution is 5.78. The molecule has 2 nitrogen and oxygen atoms in total. The van der Waals surface area contributed by atoms with Gasteiger partial charge in [-0.05, 0) is 37.5 Å². The molecule has 2 heteroatoms. The largest absolute Gasteiger partial charge is 0.253 e. The number of aromatic nitrogens is 2. The van der Waals surface area contributed by atoms with Gasteiger partial charge in [-0.25, -0.2) is 4.98 Å². The molecule has 0 N–H and O–H groups in total. The highest BCUT2D eigenvalue weighted by Gasteiger charge is 2.02. The van der Waals surface area contributed by atoms with Crippen molar-refractivity contribution in [3.63, 3.8) is 0 Å². The van der Waals surface area contributed by atoms with Crippen molar-refractivity contribution < 1.29 is 0 Å². The summed E-state index contributed by atoms with van der Waals surface area (Å²) >= 11 is 0. The van der Waals surface area contributed by atoms with Crippen LogP contribution in [0.1, 0.15) is 23.7 Å². The van der Waals surface area contributed by atoms with Gasteiger partial charge in [0.1, 0.15) is 0 Å². The molecule has 0 aliphatic heterocycles. The van der Waals surface area contributed by atoms with Crippen molar-refractivity contribution in [1.82, 2.24) is 9.97 Å². The van der Waals surface area contributed by atoms with Crippen LogP contribution in [0.2, 0.25) is 0 Å². The molecule has 1 aromatic heterocycles. The molecule has 14 heavy (non-hydrogen) atoms. The Labute approximate surface area is 84.0 Å². The third kappa shape index (κ3) is 1.48. The maximum atomic E-state index is 4.49. The molecular formula is C12H14N2. The Kier molecular flexibility index (Phi) is 2.20. The van der Waals surface area contributed by atoms with Crippen LogP contribution in [-0.2, 0) is 6.42 Å². The fourth-order valence-corrected chi connectivity index (χ4v) is 1.65. The van der Waals surface area contributed by atoms with Gasteiger partial charge >= 0.3 is 0 Å². The predicted molar refractivity (Wildman–Crippen MR) is 58.4 cm³/mol. The number of nitrogens with zero attached hydrogens (tertiary/aromatic N) is 2. The first-order valence-corrected chi connectivity index (χ1v) is 4.93. The summed E-state index contributed by atoms with van der Waals surface area (Å²) in [5.41, 5.74) is 5.56. The fourth-order valence-electron chi connectivity index (χ4n) is 1.65. The first kappa shape index (κ1) is 9.13. The second-order valence-corrected chi connectivity index (χ2v) is 3.65. The van der Waals surface area contributed by atoms with Gasteiger partial charge in [0.05, 0.1) is 16.7 Å². The summed E-state index contributed by atoms with van der Waals surface area (Å²) in [4.78, 5) is 8.88. The van der Waals surface area contributed by atoms with Gasteiger partial charge in [0, 0.05) is 6.20 Å². The zero-order valence-corrected chi connectivity index (χ0v) is 8.83. The maximum Gasteiger partial charge on any atom is 0.0919 e. The van der Waals surface area contributed by atoms with E-state index in [1.807, 2.05) is 13.1 Å². The maximum absolute atomic E-state index is 4.49. The van der Waals surface area contributed by atoms with Crippen LogP contribution >= 0.6 is 0 Å². The molecule has 0 bridgehead atoms. The number of rotatable bonds is 1. The summed E-state index contributed by atoms with van der Waals surface area (Å²) < 4.78 is 0. The average Bonchev–Trinajstić information content (AvgIpc) is 2.19. The first-order chi connectivity index (χ1) is 6.70. The van der Waals surface area contributed by atoms with E-state index in [0.29, 0.717) is 0 Å². The Hall–Kier alpha value is -1.44. The van der Waals surface area contributed by atoms with E-state index in [1.54, 1.807) is 0 Å². The highest BCUT2D eigenvalue weighted by atomic mass is 14.8. The summed E-state index contributed by atoms with van der Waals surface area (Å²) in [7, 11) is 0. The monoisotopic (exact) mass is 186 g/mol. The Morgan fingerprint density at radius 3 is 2.71 bits per heavy atom. The molecule has 0 atom stereocenters. The van der Waals surface area contributed by atoms with Crippen LogP contribution in [0.15, 0.2) is 18.3 Å². The Morgan fingerprint density at radius 2 is 2.00 bits per heavy atom. The molecule has 2 aromatic rings. The van der Waals surface area contributed by atoms with Crippen LogP contribution in [0.5, 0.6) is 0 Å². The smallest absolute Gasteiger partial charge is 0.0919 e. The Balaban J connectivity index is 2.76. The summed E-state index contributed by atoms with van der Waals surface area (Å²) in [6.07, 6.45) is 2.87. The first-order valence-electron chi connectivity index (χ1n) is 4.93. The number of hydrogen-bond acceptors (Lipinski definition) is 2. The van der Waals surface area contributed by atoms with Crippen molar-refractivity contribution in [1.29, 1.82) is 0 Å². The quantitative estimate of drug-likeness (QED) is 0.684. The minimum atomic E-state index is 0.977. The van der Waals surface area contributed by atoms with E-state index in [2.05, 4.69) is 35.9 Å². The fraction of sp³-hybridized carbons (Fsp3) is 0.333. The van der Waals surface area contributed by atoms with E-state index in [1.165, 1.54) is 11.1 Å². The van der Waals surface area contributed by atoms with Crippen molar-refractivity contribution in [3.05, 3.63) is 35.2 Å². The molecule has 0 saturated heterocycles. The number of aryl methyl sites for hydroxylation is 3. The molecule has 1 heterocycles. The lowest BCUT2D eigenvalue weighted by Crippen LogP contribution is -1.92. The molecular weight excluding hydrogens is 172 g/mol. The SMILES string of the molecule is CCc1cc(C)c2nc(C)cnc2c1. The van der Waals surface area contributed by atoms with Crippen LogP contribution in [0, 0.1) is 13.8 Å². The summed E-state index contributed by atoms with van der Waals surface area (Å²) in [5, 5.41) is 0. The van der Waals surface area contributed by atoms with Gasteiger partial charge in [-0.2, -0.15) is 0 Å². The number of hydrogen-bond donors (Lipinski definition) is 0. The molecule has 0 amide bonds. The summed E-state index contributed by atoms with van der Waals surface area (Å²) in [6, 6.07) is 4.31. The zero-order valence-electron chi connectivity index (χ0n) is 8.83. The molecule has 0 fully saturated rings. The normalized spacial score (nSPS) is 10.8. The second-order valence-electron chi connectivity index (χ2n) is 3.65. The molecule has 1 aromatic carbocycles. The van der Waals surface area contributed by atoms with Crippen LogP contribution in [0.4, 0.5) is 0 Å². The minimum absolute atomic E-state index is 0.977. The van der Waals surface area contributed by atoms with E-state index in [4.69, 9.17) is 0 Å². The molecule has 2 rings (SSSR count). The highest BCUT2D eigenvalue weighted by Crippen LogP contribution is 2.17. The molecule has 0 spiro atoms. The van der Waals surface area contributed by atoms with Crippen molar-refractivity contribution in [2.75, 3.05) is 0 Å². The minimum Gasteiger partial charge on any atom is -0.253 e. The van der Waals surface area contributed by atoms with Gasteiger partial charge in [-0.15, -0.1) is 0 Å². The lowest BCUT2D eigenvalue weighted by molar-refractivity contribution is 1.12. The Bertz CT molecular complexity index is 475. The third-order valence-electron chi connectivity index (χ3n) is 2.43. The number of benzene rings is 1. The lowest BCUT2D eigenvalue weighted by atomic mass is 10.1. The third-order valence-corrected chi connectivity index (χ3v) is 2.43. The van der Waals surface area contributed by atoms with E-state index < -0.39 is 0 Å². The topological polar surface area (TPSA) is 25.8 Å². The zero-order chi connectivity index (χ0) is 10.1. The van der Waals surface area contributed by atoms with Gasteiger partial charge in [-0.3, -0.25) is 4.98 Å². The molecule has 0 radical (unpaired) electrons. The van der Waals surface area contributed by atoms with Crippen molar-refractivity contribution in [3.8, 4) is 0 Å². The van der Waals surface area contributed by atoms with Gasteiger partial charge in [-0.1, -0.05) is 13.0 Å².